The summed E-state index contributed by atoms with van der Waals surface area (Å²) in [5, 5.41) is 5.61. The number of benzene rings is 1. The fourth-order valence-electron chi connectivity index (χ4n) is 4.32. The SMILES string of the molecule is CC(C)C[C@@H](NC(=O)c1cc2cc(F)ccc2o1)C(=O)N[C@@H]1CCCN(S(=O)(=O)c2ccccn2)CC1=O. The van der Waals surface area contributed by atoms with Gasteiger partial charge in [0.05, 0.1) is 12.6 Å². The highest BCUT2D eigenvalue weighted by atomic mass is 32.2. The van der Waals surface area contributed by atoms with Crippen LogP contribution in [0, 0.1) is 11.7 Å². The van der Waals surface area contributed by atoms with Gasteiger partial charge in [-0.05, 0) is 61.6 Å². The first-order valence-corrected chi connectivity index (χ1v) is 13.7. The Hall–Kier alpha value is -3.64. The molecule has 1 aromatic carbocycles. The fourth-order valence-corrected chi connectivity index (χ4v) is 5.69. The molecule has 0 spiro atoms. The second kappa shape index (κ2) is 11.4. The van der Waals surface area contributed by atoms with Crippen molar-refractivity contribution in [3.8, 4) is 0 Å². The number of Topliss-reactive ketones (excluding diaryl/α,β-unsaturated/α-hetero) is 1. The maximum atomic E-state index is 13.5. The van der Waals surface area contributed by atoms with Crippen LogP contribution in [0.15, 0.2) is 58.1 Å². The molecule has 1 aliphatic rings. The van der Waals surface area contributed by atoms with E-state index in [1.807, 2.05) is 13.8 Å². The smallest absolute Gasteiger partial charge is 0.287 e. The third kappa shape index (κ3) is 6.25. The van der Waals surface area contributed by atoms with E-state index in [1.54, 1.807) is 12.1 Å². The lowest BCUT2D eigenvalue weighted by molar-refractivity contribution is -0.129. The van der Waals surface area contributed by atoms with Crippen molar-refractivity contribution in [2.45, 2.75) is 50.2 Å². The van der Waals surface area contributed by atoms with Gasteiger partial charge in [-0.15, -0.1) is 0 Å². The first kappa shape index (κ1) is 27.4. The van der Waals surface area contributed by atoms with Gasteiger partial charge >= 0.3 is 0 Å². The summed E-state index contributed by atoms with van der Waals surface area (Å²) in [6, 6.07) is 7.88. The van der Waals surface area contributed by atoms with Crippen LogP contribution in [0.25, 0.3) is 11.0 Å². The molecule has 4 rings (SSSR count). The van der Waals surface area contributed by atoms with Gasteiger partial charge in [-0.25, -0.2) is 17.8 Å². The predicted octanol–water partition coefficient (Wildman–Crippen LogP) is 2.65. The molecule has 0 bridgehead atoms. The molecule has 1 aliphatic heterocycles. The predicted molar refractivity (Wildman–Crippen MR) is 136 cm³/mol. The average molecular weight is 545 g/mol. The van der Waals surface area contributed by atoms with Crippen LogP contribution in [0.4, 0.5) is 4.39 Å². The quantitative estimate of drug-likeness (QED) is 0.445. The minimum absolute atomic E-state index is 0.0275. The van der Waals surface area contributed by atoms with Crippen molar-refractivity contribution < 1.29 is 31.6 Å². The lowest BCUT2D eigenvalue weighted by atomic mass is 10.0. The fraction of sp³-hybridized carbons (Fsp3) is 0.385. The van der Waals surface area contributed by atoms with Crippen molar-refractivity contribution in [1.29, 1.82) is 0 Å². The van der Waals surface area contributed by atoms with Crippen molar-refractivity contribution in [1.82, 2.24) is 19.9 Å². The number of rotatable bonds is 8. The maximum Gasteiger partial charge on any atom is 0.287 e. The number of aromatic nitrogens is 1. The summed E-state index contributed by atoms with van der Waals surface area (Å²) in [7, 11) is -3.97. The number of nitrogens with zero attached hydrogens (tertiary/aromatic N) is 2. The molecule has 2 N–H and O–H groups in total. The van der Waals surface area contributed by atoms with Crippen LogP contribution in [0.2, 0.25) is 0 Å². The molecule has 12 heteroatoms. The Morgan fingerprint density at radius 1 is 1.21 bits per heavy atom. The van der Waals surface area contributed by atoms with Crippen LogP contribution < -0.4 is 10.6 Å². The first-order valence-electron chi connectivity index (χ1n) is 12.3. The number of furan rings is 1. The number of pyridine rings is 1. The Bertz CT molecular complexity index is 1440. The largest absolute Gasteiger partial charge is 0.451 e. The first-order chi connectivity index (χ1) is 18.0. The number of nitrogens with one attached hydrogen (secondary N) is 2. The van der Waals surface area contributed by atoms with Gasteiger partial charge in [0.15, 0.2) is 16.6 Å². The molecule has 10 nitrogen and oxygen atoms in total. The van der Waals surface area contributed by atoms with Crippen LogP contribution >= 0.6 is 0 Å². The Labute approximate surface area is 219 Å². The molecular formula is C26H29FN4O6S. The molecule has 1 saturated heterocycles. The number of carbonyl (C=O) groups is 3. The summed E-state index contributed by atoms with van der Waals surface area (Å²) in [5.74, 6) is -2.19. The van der Waals surface area contributed by atoms with Crippen LogP contribution in [0.3, 0.4) is 0 Å². The van der Waals surface area contributed by atoms with E-state index in [0.29, 0.717) is 17.4 Å². The summed E-state index contributed by atoms with van der Waals surface area (Å²) >= 11 is 0. The van der Waals surface area contributed by atoms with E-state index < -0.39 is 52.1 Å². The second-order valence-corrected chi connectivity index (χ2v) is 11.5. The van der Waals surface area contributed by atoms with E-state index in [4.69, 9.17) is 4.42 Å². The Morgan fingerprint density at radius 2 is 2.00 bits per heavy atom. The zero-order chi connectivity index (χ0) is 27.4. The van der Waals surface area contributed by atoms with Crippen LogP contribution in [-0.2, 0) is 19.6 Å². The van der Waals surface area contributed by atoms with Crippen molar-refractivity contribution in [2.75, 3.05) is 13.1 Å². The normalized spacial score (nSPS) is 17.8. The van der Waals surface area contributed by atoms with Crippen LogP contribution in [-0.4, -0.2) is 60.5 Å². The minimum atomic E-state index is -3.97. The van der Waals surface area contributed by atoms with Gasteiger partial charge in [0.1, 0.15) is 17.4 Å². The van der Waals surface area contributed by atoms with Crippen LogP contribution in [0.5, 0.6) is 0 Å². The van der Waals surface area contributed by atoms with Gasteiger partial charge in [-0.2, -0.15) is 4.31 Å². The van der Waals surface area contributed by atoms with E-state index in [-0.39, 0.29) is 36.1 Å². The molecule has 3 aromatic rings. The van der Waals surface area contributed by atoms with Gasteiger partial charge < -0.3 is 15.1 Å². The van der Waals surface area contributed by atoms with Crippen molar-refractivity contribution in [3.63, 3.8) is 0 Å². The topological polar surface area (TPSA) is 139 Å². The average Bonchev–Trinajstić information content (AvgIpc) is 3.21. The van der Waals surface area contributed by atoms with E-state index in [2.05, 4.69) is 15.6 Å². The monoisotopic (exact) mass is 544 g/mol. The maximum absolute atomic E-state index is 13.5. The number of amides is 2. The van der Waals surface area contributed by atoms with Gasteiger partial charge in [0, 0.05) is 18.1 Å². The molecule has 2 atom stereocenters. The Balaban J connectivity index is 1.44. The molecule has 0 aliphatic carbocycles. The molecule has 38 heavy (non-hydrogen) atoms. The molecule has 1 fully saturated rings. The molecular weight excluding hydrogens is 515 g/mol. The zero-order valence-electron chi connectivity index (χ0n) is 21.0. The molecule has 3 heterocycles. The summed E-state index contributed by atoms with van der Waals surface area (Å²) in [4.78, 5) is 42.9. The number of sulfonamides is 1. The number of fused-ring (bicyclic) bond motifs is 1. The molecule has 0 unspecified atom stereocenters. The highest BCUT2D eigenvalue weighted by Gasteiger charge is 2.35. The highest BCUT2D eigenvalue weighted by Crippen LogP contribution is 2.21. The molecule has 2 amide bonds. The summed E-state index contributed by atoms with van der Waals surface area (Å²) in [6.07, 6.45) is 2.24. The molecule has 202 valence electrons. The highest BCUT2D eigenvalue weighted by molar-refractivity contribution is 7.89. The van der Waals surface area contributed by atoms with Gasteiger partial charge in [-0.3, -0.25) is 14.4 Å². The standard InChI is InChI=1S/C26H29FN4O6S/c1-16(2)12-20(30-26(34)23-14-17-13-18(27)8-9-22(17)37-23)25(33)29-19-6-5-11-31(15-21(19)32)38(35,36)24-7-3-4-10-28-24/h3-4,7-10,13-14,16,19-20H,5-6,11-12,15H2,1-2H3,(H,29,33)(H,30,34)/t19-,20-/m1/s1. The van der Waals surface area contributed by atoms with Crippen molar-refractivity contribution >= 4 is 38.6 Å². The second-order valence-electron chi connectivity index (χ2n) is 9.62. The molecule has 2 aromatic heterocycles. The third-order valence-corrected chi connectivity index (χ3v) is 7.97. The van der Waals surface area contributed by atoms with Gasteiger partial charge in [0.25, 0.3) is 15.9 Å². The number of hydrogen-bond donors (Lipinski definition) is 2. The van der Waals surface area contributed by atoms with Crippen molar-refractivity contribution in [3.05, 3.63) is 60.2 Å². The number of carbonyl (C=O) groups excluding carboxylic acids is 3. The lowest BCUT2D eigenvalue weighted by Crippen LogP contribution is -2.52. The van der Waals surface area contributed by atoms with E-state index >= 15 is 0 Å². The zero-order valence-corrected chi connectivity index (χ0v) is 21.8. The summed E-state index contributed by atoms with van der Waals surface area (Å²) < 4.78 is 45.9. The number of halogens is 1. The summed E-state index contributed by atoms with van der Waals surface area (Å²) in [5.41, 5.74) is 0.329. The summed E-state index contributed by atoms with van der Waals surface area (Å²) in [6.45, 7) is 3.47. The van der Waals surface area contributed by atoms with Crippen LogP contribution in [0.1, 0.15) is 43.7 Å². The van der Waals surface area contributed by atoms with E-state index in [0.717, 1.165) is 4.31 Å². The Morgan fingerprint density at radius 3 is 2.71 bits per heavy atom. The van der Waals surface area contributed by atoms with Gasteiger partial charge in [0.2, 0.25) is 5.91 Å². The number of hydrogen-bond acceptors (Lipinski definition) is 7. The Kier molecular flexibility index (Phi) is 8.22. The lowest BCUT2D eigenvalue weighted by Gasteiger charge is -2.23. The molecule has 0 saturated carbocycles. The van der Waals surface area contributed by atoms with E-state index in [1.165, 1.54) is 36.5 Å². The number of ketones is 1. The van der Waals surface area contributed by atoms with E-state index in [9.17, 15) is 27.2 Å². The molecule has 0 radical (unpaired) electrons. The van der Waals surface area contributed by atoms with Crippen molar-refractivity contribution in [2.24, 2.45) is 5.92 Å². The third-order valence-electron chi connectivity index (χ3n) is 6.21. The van der Waals surface area contributed by atoms with Gasteiger partial charge in [-0.1, -0.05) is 19.9 Å². The minimum Gasteiger partial charge on any atom is -0.451 e.